The number of aromatic nitrogens is 1. The lowest BCUT2D eigenvalue weighted by atomic mass is 10.2. The van der Waals surface area contributed by atoms with Gasteiger partial charge in [0.15, 0.2) is 5.69 Å². The molecule has 2 heterocycles. The van der Waals surface area contributed by atoms with E-state index in [-0.39, 0.29) is 11.3 Å². The molecule has 0 aliphatic carbocycles. The summed E-state index contributed by atoms with van der Waals surface area (Å²) in [5, 5.41) is 0. The van der Waals surface area contributed by atoms with Crippen molar-refractivity contribution in [3.8, 4) is 0 Å². The van der Waals surface area contributed by atoms with E-state index in [2.05, 4.69) is 21.3 Å². The normalized spacial score (nSPS) is 17.1. The molecule has 1 aromatic heterocycles. The second kappa shape index (κ2) is 7.43. The molecule has 22 heavy (non-hydrogen) atoms. The van der Waals surface area contributed by atoms with Crippen LogP contribution in [0.1, 0.15) is 25.0 Å². The van der Waals surface area contributed by atoms with Crippen molar-refractivity contribution in [3.63, 3.8) is 0 Å². The van der Waals surface area contributed by atoms with Gasteiger partial charge >= 0.3 is 16.2 Å². The van der Waals surface area contributed by atoms with E-state index in [0.29, 0.717) is 5.69 Å². The minimum atomic E-state index is -4.61. The second-order valence-corrected chi connectivity index (χ2v) is 5.97. The molecule has 1 aliphatic rings. The van der Waals surface area contributed by atoms with Gasteiger partial charge in [-0.25, -0.2) is 0 Å². The van der Waals surface area contributed by atoms with Gasteiger partial charge in [-0.2, -0.15) is 12.7 Å². The largest absolute Gasteiger partial charge is 0.870 e. The van der Waals surface area contributed by atoms with E-state index < -0.39 is 10.4 Å². The lowest BCUT2D eigenvalue weighted by molar-refractivity contribution is -0.849. The van der Waals surface area contributed by atoms with Crippen molar-refractivity contribution >= 4 is 21.9 Å². The average molecular weight is 331 g/mol. The Hall–Kier alpha value is -1.84. The Morgan fingerprint density at radius 1 is 1.27 bits per heavy atom. The number of rotatable bonds is 3. The second-order valence-electron chi connectivity index (χ2n) is 4.97. The zero-order chi connectivity index (χ0) is 15.5. The topological polar surface area (TPSA) is 127 Å². The fourth-order valence-corrected chi connectivity index (χ4v) is 2.73. The standard InChI is InChI=1S/C13H19N3O4S.H2O/c1-11-9-12(15-7-5-3-2-4-6-8-15)10-13(14)16(11)20-21(17,18)19;/h2-3,9-10,14H,4-8H2,1H3,(H,17,18,19);1H2/b3-2-;. The summed E-state index contributed by atoms with van der Waals surface area (Å²) < 4.78 is 35.7. The molecule has 0 spiro atoms. The predicted octanol–water partition coefficient (Wildman–Crippen LogP) is 0.466. The first-order chi connectivity index (χ1) is 9.87. The molecule has 0 fully saturated rings. The van der Waals surface area contributed by atoms with Crippen LogP contribution in [0.25, 0.3) is 0 Å². The average Bonchev–Trinajstić information content (AvgIpc) is 2.32. The molecule has 0 radical (unpaired) electrons. The highest BCUT2D eigenvalue weighted by molar-refractivity contribution is 7.80. The summed E-state index contributed by atoms with van der Waals surface area (Å²) in [6.45, 7) is 3.44. The molecule has 0 aromatic carbocycles. The number of anilines is 2. The molecule has 124 valence electrons. The highest BCUT2D eigenvalue weighted by Crippen LogP contribution is 2.19. The quantitative estimate of drug-likeness (QED) is 0.468. The molecule has 0 atom stereocenters. The zero-order valence-corrected chi connectivity index (χ0v) is 13.2. The van der Waals surface area contributed by atoms with Gasteiger partial charge in [-0.1, -0.05) is 12.2 Å². The molecule has 0 saturated heterocycles. The highest BCUT2D eigenvalue weighted by Gasteiger charge is 2.20. The molecule has 2 rings (SSSR count). The number of allylic oxidation sites excluding steroid dienone is 1. The van der Waals surface area contributed by atoms with Crippen LogP contribution in [0.2, 0.25) is 0 Å². The van der Waals surface area contributed by atoms with E-state index in [1.165, 1.54) is 0 Å². The molecule has 4 N–H and O–H groups in total. The Kier molecular flexibility index (Phi) is 6.15. The molecule has 1 aromatic rings. The molecular weight excluding hydrogens is 310 g/mol. The molecule has 0 bridgehead atoms. The molecular formula is C13H21N3O5S. The Balaban J connectivity index is 0.00000242. The van der Waals surface area contributed by atoms with E-state index in [1.54, 1.807) is 19.1 Å². The molecule has 0 unspecified atom stereocenters. The SMILES string of the molecule is Cc1cc(N2CC/C=C\CCC2)cc(N)[n+]1OS(=O)(=O)O.[OH-]. The van der Waals surface area contributed by atoms with Gasteiger partial charge in [-0.05, 0) is 24.0 Å². The van der Waals surface area contributed by atoms with Gasteiger partial charge in [0.2, 0.25) is 0 Å². The maximum Gasteiger partial charge on any atom is 0.482 e. The molecule has 1 aliphatic heterocycles. The van der Waals surface area contributed by atoms with Gasteiger partial charge in [-0.15, -0.1) is 0 Å². The van der Waals surface area contributed by atoms with Crippen LogP contribution in [-0.4, -0.2) is 31.5 Å². The van der Waals surface area contributed by atoms with E-state index in [9.17, 15) is 8.42 Å². The van der Waals surface area contributed by atoms with Gasteiger partial charge in [0.1, 0.15) is 0 Å². The van der Waals surface area contributed by atoms with Crippen molar-refractivity contribution in [1.29, 1.82) is 0 Å². The summed E-state index contributed by atoms with van der Waals surface area (Å²) in [6, 6.07) is 3.43. The first kappa shape index (κ1) is 18.2. The number of nitrogens with two attached hydrogens (primary N) is 1. The number of hydrogen-bond acceptors (Lipinski definition) is 6. The van der Waals surface area contributed by atoms with E-state index in [4.69, 9.17) is 10.3 Å². The first-order valence-corrected chi connectivity index (χ1v) is 8.13. The van der Waals surface area contributed by atoms with E-state index >= 15 is 0 Å². The van der Waals surface area contributed by atoms with Crippen molar-refractivity contribution in [3.05, 3.63) is 30.0 Å². The number of hydrogen-bond donors (Lipinski definition) is 2. The van der Waals surface area contributed by atoms with Gasteiger partial charge in [-0.3, -0.25) is 10.3 Å². The van der Waals surface area contributed by atoms with Crippen molar-refractivity contribution in [2.24, 2.45) is 0 Å². The first-order valence-electron chi connectivity index (χ1n) is 6.76. The van der Waals surface area contributed by atoms with Crippen LogP contribution < -0.4 is 19.6 Å². The maximum absolute atomic E-state index is 10.8. The van der Waals surface area contributed by atoms with E-state index in [0.717, 1.165) is 42.8 Å². The number of pyridine rings is 1. The third-order valence-electron chi connectivity index (χ3n) is 3.27. The zero-order valence-electron chi connectivity index (χ0n) is 12.3. The van der Waals surface area contributed by atoms with Gasteiger partial charge in [0, 0.05) is 31.8 Å². The lowest BCUT2D eigenvalue weighted by Crippen LogP contribution is -2.50. The Labute approximate surface area is 130 Å². The summed E-state index contributed by atoms with van der Waals surface area (Å²) in [4.78, 5) is 2.20. The molecule has 9 heteroatoms. The summed E-state index contributed by atoms with van der Waals surface area (Å²) >= 11 is 0. The van der Waals surface area contributed by atoms with Crippen LogP contribution in [0.4, 0.5) is 11.5 Å². The van der Waals surface area contributed by atoms with Crippen LogP contribution >= 0.6 is 0 Å². The maximum atomic E-state index is 10.8. The fraction of sp³-hybridized carbons (Fsp3) is 0.462. The van der Waals surface area contributed by atoms with Crippen LogP contribution in [0.3, 0.4) is 0 Å². The van der Waals surface area contributed by atoms with Gasteiger partial charge in [0.05, 0.1) is 6.07 Å². The molecule has 0 saturated carbocycles. The van der Waals surface area contributed by atoms with Gasteiger partial charge in [0.25, 0.3) is 0 Å². The number of aryl methyl sites for hydroxylation is 1. The third kappa shape index (κ3) is 4.86. The smallest absolute Gasteiger partial charge is 0.482 e. The van der Waals surface area contributed by atoms with Crippen LogP contribution in [0, 0.1) is 6.92 Å². The van der Waals surface area contributed by atoms with Crippen molar-refractivity contribution in [1.82, 2.24) is 0 Å². The monoisotopic (exact) mass is 331 g/mol. The Morgan fingerprint density at radius 3 is 2.59 bits per heavy atom. The molecule has 0 amide bonds. The Morgan fingerprint density at radius 2 is 1.95 bits per heavy atom. The molecule has 8 nitrogen and oxygen atoms in total. The van der Waals surface area contributed by atoms with Crippen LogP contribution in [0.15, 0.2) is 24.3 Å². The summed E-state index contributed by atoms with van der Waals surface area (Å²) in [5.41, 5.74) is 7.23. The Bertz CT molecular complexity index is 622. The fourth-order valence-electron chi connectivity index (χ4n) is 2.34. The number of nitrogen functional groups attached to an aromatic ring is 1. The summed E-state index contributed by atoms with van der Waals surface area (Å²) in [7, 11) is -4.61. The summed E-state index contributed by atoms with van der Waals surface area (Å²) in [5.74, 6) is 0.111. The lowest BCUT2D eigenvalue weighted by Gasteiger charge is -2.25. The summed E-state index contributed by atoms with van der Waals surface area (Å²) in [6.07, 6.45) is 7.40. The van der Waals surface area contributed by atoms with Crippen molar-refractivity contribution in [2.75, 3.05) is 23.7 Å². The number of nitrogens with zero attached hydrogens (tertiary/aromatic N) is 2. The van der Waals surface area contributed by atoms with Gasteiger partial charge < -0.3 is 10.4 Å². The van der Waals surface area contributed by atoms with Crippen molar-refractivity contribution < 1.29 is 27.5 Å². The van der Waals surface area contributed by atoms with Crippen molar-refractivity contribution in [2.45, 2.75) is 26.2 Å². The predicted molar refractivity (Wildman–Crippen MR) is 81.1 cm³/mol. The highest BCUT2D eigenvalue weighted by atomic mass is 32.3. The minimum absolute atomic E-state index is 0. The third-order valence-corrected chi connectivity index (χ3v) is 3.61. The van der Waals surface area contributed by atoms with Crippen LogP contribution in [0.5, 0.6) is 0 Å². The minimum Gasteiger partial charge on any atom is -0.870 e. The van der Waals surface area contributed by atoms with E-state index in [1.807, 2.05) is 0 Å². The van der Waals surface area contributed by atoms with Crippen LogP contribution in [-0.2, 0) is 10.4 Å².